The van der Waals surface area contributed by atoms with Gasteiger partial charge in [0.25, 0.3) is 5.91 Å². The van der Waals surface area contributed by atoms with Gasteiger partial charge in [0.15, 0.2) is 11.9 Å². The molecule has 152 valence electrons. The summed E-state index contributed by atoms with van der Waals surface area (Å²) in [4.78, 5) is 40.0. The molecule has 1 aliphatic heterocycles. The zero-order valence-electron chi connectivity index (χ0n) is 17.2. The average molecular weight is 393 g/mol. The maximum atomic E-state index is 12.9. The van der Waals surface area contributed by atoms with Gasteiger partial charge < -0.3 is 9.64 Å². The van der Waals surface area contributed by atoms with Gasteiger partial charge in [0, 0.05) is 24.2 Å². The van der Waals surface area contributed by atoms with Gasteiger partial charge in [-0.05, 0) is 38.7 Å². The second-order valence-electron chi connectivity index (χ2n) is 7.80. The summed E-state index contributed by atoms with van der Waals surface area (Å²) in [6, 6.07) is 13.7. The molecule has 1 atom stereocenters. The monoisotopic (exact) mass is 393 g/mol. The number of amides is 1. The Morgan fingerprint density at radius 3 is 2.17 bits per heavy atom. The fourth-order valence-electron chi connectivity index (χ4n) is 3.48. The summed E-state index contributed by atoms with van der Waals surface area (Å²) in [7, 11) is 0. The Labute approximate surface area is 171 Å². The van der Waals surface area contributed by atoms with Crippen molar-refractivity contribution in [2.75, 3.05) is 13.1 Å². The summed E-state index contributed by atoms with van der Waals surface area (Å²) in [5.74, 6) is -0.488. The lowest BCUT2D eigenvalue weighted by Gasteiger charge is -2.31. The van der Waals surface area contributed by atoms with Gasteiger partial charge in [-0.2, -0.15) is 0 Å². The van der Waals surface area contributed by atoms with Crippen LogP contribution in [0.1, 0.15) is 58.5 Å². The molecule has 0 aromatic heterocycles. The summed E-state index contributed by atoms with van der Waals surface area (Å²) >= 11 is 0. The van der Waals surface area contributed by atoms with Crippen LogP contribution in [0.5, 0.6) is 0 Å². The highest BCUT2D eigenvalue weighted by molar-refractivity contribution is 6.14. The third kappa shape index (κ3) is 4.91. The summed E-state index contributed by atoms with van der Waals surface area (Å²) in [6.45, 7) is 7.08. The molecule has 0 radical (unpaired) electrons. The Balaban J connectivity index is 1.73. The number of rotatable bonds is 5. The number of piperidine rings is 1. The van der Waals surface area contributed by atoms with Gasteiger partial charge in [-0.3, -0.25) is 9.59 Å². The highest BCUT2D eigenvalue weighted by Gasteiger charge is 2.28. The number of nitrogens with zero attached hydrogens (tertiary/aromatic N) is 1. The van der Waals surface area contributed by atoms with Crippen molar-refractivity contribution < 1.29 is 19.1 Å². The summed E-state index contributed by atoms with van der Waals surface area (Å²) in [5.41, 5.74) is 1.99. The Kier molecular flexibility index (Phi) is 6.47. The van der Waals surface area contributed by atoms with Gasteiger partial charge in [0.1, 0.15) is 0 Å². The molecule has 0 bridgehead atoms. The normalized spacial score (nSPS) is 15.6. The molecule has 0 aliphatic carbocycles. The van der Waals surface area contributed by atoms with E-state index in [0.717, 1.165) is 18.4 Å². The molecule has 5 nitrogen and oxygen atoms in total. The average Bonchev–Trinajstić information content (AvgIpc) is 2.73. The molecule has 0 unspecified atom stereocenters. The summed E-state index contributed by atoms with van der Waals surface area (Å²) in [5, 5.41) is 0. The maximum Gasteiger partial charge on any atom is 0.339 e. The molecular formula is C24H27NO4. The van der Waals surface area contributed by atoms with Crippen molar-refractivity contribution in [2.24, 2.45) is 5.92 Å². The number of hydrogen-bond acceptors (Lipinski definition) is 4. The zero-order chi connectivity index (χ0) is 21.0. The van der Waals surface area contributed by atoms with Crippen LogP contribution >= 0.6 is 0 Å². The number of aryl methyl sites for hydroxylation is 1. The third-order valence-corrected chi connectivity index (χ3v) is 5.43. The summed E-state index contributed by atoms with van der Waals surface area (Å²) in [6.07, 6.45) is 1.03. The molecule has 29 heavy (non-hydrogen) atoms. The molecule has 1 amide bonds. The van der Waals surface area contributed by atoms with Crippen molar-refractivity contribution in [2.45, 2.75) is 39.7 Å². The van der Waals surface area contributed by atoms with Crippen LogP contribution in [0.15, 0.2) is 48.5 Å². The maximum absolute atomic E-state index is 12.9. The second-order valence-corrected chi connectivity index (χ2v) is 7.80. The largest absolute Gasteiger partial charge is 0.449 e. The molecule has 1 fully saturated rings. The SMILES string of the molecule is Cc1ccc(C(=O)c2ccccc2C(=O)O[C@H](C)C(=O)N2CCC(C)CC2)cc1. The first-order chi connectivity index (χ1) is 13.9. The Morgan fingerprint density at radius 2 is 1.55 bits per heavy atom. The molecule has 2 aromatic rings. The number of ether oxygens (including phenoxy) is 1. The van der Waals surface area contributed by atoms with Gasteiger partial charge in [-0.15, -0.1) is 0 Å². The van der Waals surface area contributed by atoms with Gasteiger partial charge in [0.05, 0.1) is 5.56 Å². The standard InChI is InChI=1S/C24H27NO4/c1-16-8-10-19(11-9-16)22(26)20-6-4-5-7-21(20)24(28)29-18(3)23(27)25-14-12-17(2)13-15-25/h4-11,17-18H,12-15H2,1-3H3/t18-/m1/s1. The lowest BCUT2D eigenvalue weighted by Crippen LogP contribution is -2.44. The van der Waals surface area contributed by atoms with Crippen molar-refractivity contribution in [1.29, 1.82) is 0 Å². The minimum atomic E-state index is -0.890. The van der Waals surface area contributed by atoms with E-state index in [1.807, 2.05) is 19.1 Å². The number of esters is 1. The first-order valence-corrected chi connectivity index (χ1v) is 10.1. The quantitative estimate of drug-likeness (QED) is 0.568. The lowest BCUT2D eigenvalue weighted by molar-refractivity contribution is -0.141. The van der Waals surface area contributed by atoms with E-state index in [2.05, 4.69) is 6.92 Å². The van der Waals surface area contributed by atoms with Crippen molar-refractivity contribution in [3.05, 3.63) is 70.8 Å². The van der Waals surface area contributed by atoms with Crippen molar-refractivity contribution in [3.63, 3.8) is 0 Å². The summed E-state index contributed by atoms with van der Waals surface area (Å²) < 4.78 is 5.44. The van der Waals surface area contributed by atoms with Crippen molar-refractivity contribution in [1.82, 2.24) is 4.90 Å². The van der Waals surface area contributed by atoms with Crippen LogP contribution in [-0.4, -0.2) is 41.8 Å². The van der Waals surface area contributed by atoms with E-state index >= 15 is 0 Å². The predicted octanol–water partition coefficient (Wildman–Crippen LogP) is 4.03. The number of likely N-dealkylation sites (tertiary alicyclic amines) is 1. The molecule has 0 N–H and O–H groups in total. The van der Waals surface area contributed by atoms with E-state index < -0.39 is 12.1 Å². The van der Waals surface area contributed by atoms with Gasteiger partial charge in [0.2, 0.25) is 0 Å². The third-order valence-electron chi connectivity index (χ3n) is 5.43. The number of benzene rings is 2. The number of hydrogen-bond donors (Lipinski definition) is 0. The van der Waals surface area contributed by atoms with Crippen LogP contribution in [0.2, 0.25) is 0 Å². The van der Waals surface area contributed by atoms with E-state index in [0.29, 0.717) is 24.6 Å². The molecule has 1 aliphatic rings. The van der Waals surface area contributed by atoms with Crippen LogP contribution in [0.4, 0.5) is 0 Å². The van der Waals surface area contributed by atoms with E-state index in [-0.39, 0.29) is 22.8 Å². The van der Waals surface area contributed by atoms with Crippen LogP contribution in [0.3, 0.4) is 0 Å². The van der Waals surface area contributed by atoms with Crippen LogP contribution in [0, 0.1) is 12.8 Å². The minimum Gasteiger partial charge on any atom is -0.449 e. The smallest absolute Gasteiger partial charge is 0.339 e. The van der Waals surface area contributed by atoms with E-state index in [1.54, 1.807) is 48.2 Å². The Hall–Kier alpha value is -2.95. The fourth-order valence-corrected chi connectivity index (χ4v) is 3.48. The lowest BCUT2D eigenvalue weighted by atomic mass is 9.97. The zero-order valence-corrected chi connectivity index (χ0v) is 17.2. The fraction of sp³-hybridized carbons (Fsp3) is 0.375. The van der Waals surface area contributed by atoms with Gasteiger partial charge >= 0.3 is 5.97 Å². The Morgan fingerprint density at radius 1 is 0.966 bits per heavy atom. The first-order valence-electron chi connectivity index (χ1n) is 10.1. The topological polar surface area (TPSA) is 63.7 Å². The van der Waals surface area contributed by atoms with E-state index in [4.69, 9.17) is 4.74 Å². The van der Waals surface area contributed by atoms with Crippen LogP contribution < -0.4 is 0 Å². The van der Waals surface area contributed by atoms with E-state index in [1.165, 1.54) is 0 Å². The van der Waals surface area contributed by atoms with Crippen LogP contribution in [-0.2, 0) is 9.53 Å². The second kappa shape index (κ2) is 9.03. The molecule has 5 heteroatoms. The Bertz CT molecular complexity index is 895. The highest BCUT2D eigenvalue weighted by atomic mass is 16.5. The first kappa shape index (κ1) is 20.8. The molecule has 0 saturated carbocycles. The van der Waals surface area contributed by atoms with Gasteiger partial charge in [-0.25, -0.2) is 4.79 Å². The van der Waals surface area contributed by atoms with Crippen molar-refractivity contribution >= 4 is 17.7 Å². The molecule has 0 spiro atoms. The highest BCUT2D eigenvalue weighted by Crippen LogP contribution is 2.19. The van der Waals surface area contributed by atoms with Crippen LogP contribution in [0.25, 0.3) is 0 Å². The number of carbonyl (C=O) groups is 3. The minimum absolute atomic E-state index is 0.171. The number of carbonyl (C=O) groups excluding carboxylic acids is 3. The van der Waals surface area contributed by atoms with Gasteiger partial charge in [-0.1, -0.05) is 55.0 Å². The van der Waals surface area contributed by atoms with E-state index in [9.17, 15) is 14.4 Å². The van der Waals surface area contributed by atoms with Crippen molar-refractivity contribution in [3.8, 4) is 0 Å². The molecule has 2 aromatic carbocycles. The number of ketones is 1. The molecule has 1 saturated heterocycles. The molecule has 3 rings (SSSR count). The predicted molar refractivity (Wildman–Crippen MR) is 111 cm³/mol. The molecule has 1 heterocycles. The molecular weight excluding hydrogens is 366 g/mol.